The quantitative estimate of drug-likeness (QED) is 0.147. The number of para-hydroxylation sites is 1. The molecule has 0 bridgehead atoms. The molecule has 2 saturated heterocycles. The molecule has 1 unspecified atom stereocenters. The lowest BCUT2D eigenvalue weighted by Crippen LogP contribution is -2.44. The maximum atomic E-state index is 16.5. The number of rotatable bonds is 7. The Hall–Kier alpha value is -6.39. The lowest BCUT2D eigenvalue weighted by atomic mass is 9.87. The van der Waals surface area contributed by atoms with Crippen molar-refractivity contribution in [3.05, 3.63) is 87.7 Å². The Balaban J connectivity index is 1.14. The van der Waals surface area contributed by atoms with E-state index >= 15 is 4.39 Å². The standard InChI is InChI=1S/C43H43F4N7O6/c1-23(55)53-16-6-7-26(22-53)28-20-29(30-21-31(41(58)50(2)3)48-38(30)37(28)44)27-11-10-25(19-35(27)60-43(45,46)47)24-14-17-52(18-15-24)32-8-5-9-33-39(32)51(4)42(59)54(33)34-12-13-36(56)49-40(34)57/h5,7-11,19-21,24,34,48H,6,12-18,22H2,1-4H3,(H,49,56,57). The molecular formula is C43H43F4N7O6. The number of hydrogen-bond acceptors (Lipinski definition) is 7. The minimum Gasteiger partial charge on any atom is -0.405 e. The summed E-state index contributed by atoms with van der Waals surface area (Å²) in [4.78, 5) is 71.3. The molecule has 2 aromatic heterocycles. The van der Waals surface area contributed by atoms with Crippen LogP contribution in [0.4, 0.5) is 23.2 Å². The molecule has 2 fully saturated rings. The summed E-state index contributed by atoms with van der Waals surface area (Å²) in [5, 5.41) is 2.51. The number of carbonyl (C=O) groups is 4. The van der Waals surface area contributed by atoms with Crippen LogP contribution in [0.3, 0.4) is 0 Å². The first-order valence-corrected chi connectivity index (χ1v) is 19.7. The lowest BCUT2D eigenvalue weighted by Gasteiger charge is -2.34. The van der Waals surface area contributed by atoms with Gasteiger partial charge >= 0.3 is 12.1 Å². The van der Waals surface area contributed by atoms with Gasteiger partial charge in [-0.05, 0) is 78.6 Å². The summed E-state index contributed by atoms with van der Waals surface area (Å²) in [6.45, 7) is 2.95. The third-order valence-corrected chi connectivity index (χ3v) is 11.9. The molecule has 13 nitrogen and oxygen atoms in total. The van der Waals surface area contributed by atoms with E-state index in [9.17, 15) is 37.1 Å². The zero-order chi connectivity index (χ0) is 42.8. The van der Waals surface area contributed by atoms with Gasteiger partial charge in [-0.2, -0.15) is 0 Å². The molecule has 0 saturated carbocycles. The maximum Gasteiger partial charge on any atom is 0.573 e. The number of aryl methyl sites for hydroxylation is 1. The molecule has 4 amide bonds. The first-order valence-electron chi connectivity index (χ1n) is 19.7. The fraction of sp³-hybridized carbons (Fsp3) is 0.372. The van der Waals surface area contributed by atoms with Gasteiger partial charge in [0.15, 0.2) is 5.82 Å². The largest absolute Gasteiger partial charge is 0.573 e. The van der Waals surface area contributed by atoms with E-state index in [0.717, 1.165) is 5.69 Å². The van der Waals surface area contributed by atoms with Crippen LogP contribution < -0.4 is 20.6 Å². The SMILES string of the molecule is CC(=O)N1CCC=C(c2cc(-c3ccc(C4CCN(c5cccc6c5n(C)c(=O)n6C5CCC(=O)NC5=O)CC4)cc3OC(F)(F)F)c3cc(C(=O)N(C)C)[nH]c3c2F)C1. The first kappa shape index (κ1) is 40.4. The van der Waals surface area contributed by atoms with E-state index in [2.05, 4.69) is 15.2 Å². The van der Waals surface area contributed by atoms with E-state index in [1.54, 1.807) is 36.2 Å². The highest BCUT2D eigenvalue weighted by molar-refractivity contribution is 6.05. The number of aromatic amines is 1. The van der Waals surface area contributed by atoms with Crippen LogP contribution in [0.2, 0.25) is 0 Å². The molecule has 8 rings (SSSR count). The number of benzene rings is 3. The number of carbonyl (C=O) groups excluding carboxylic acids is 4. The normalized spacial score (nSPS) is 17.9. The van der Waals surface area contributed by atoms with Gasteiger partial charge < -0.3 is 24.4 Å². The Kier molecular flexibility index (Phi) is 10.3. The number of imidazole rings is 1. The van der Waals surface area contributed by atoms with Gasteiger partial charge in [-0.1, -0.05) is 24.3 Å². The summed E-state index contributed by atoms with van der Waals surface area (Å²) in [5.41, 5.74) is 2.95. The molecule has 17 heteroatoms. The second-order valence-electron chi connectivity index (χ2n) is 15.8. The number of nitrogens with zero attached hydrogens (tertiary/aromatic N) is 5. The van der Waals surface area contributed by atoms with E-state index < -0.39 is 41.5 Å². The Labute approximate surface area is 341 Å². The van der Waals surface area contributed by atoms with Crippen molar-refractivity contribution in [1.82, 2.24) is 29.2 Å². The van der Waals surface area contributed by atoms with Gasteiger partial charge in [0.1, 0.15) is 17.5 Å². The zero-order valence-electron chi connectivity index (χ0n) is 33.4. The number of nitrogens with one attached hydrogen (secondary N) is 2. The Morgan fingerprint density at radius 2 is 1.68 bits per heavy atom. The van der Waals surface area contributed by atoms with Gasteiger partial charge in [0.25, 0.3) is 5.91 Å². The Morgan fingerprint density at radius 1 is 0.933 bits per heavy atom. The van der Waals surface area contributed by atoms with Crippen molar-refractivity contribution in [3.63, 3.8) is 0 Å². The fourth-order valence-corrected chi connectivity index (χ4v) is 8.86. The van der Waals surface area contributed by atoms with Crippen LogP contribution >= 0.6 is 0 Å². The van der Waals surface area contributed by atoms with Gasteiger partial charge in [-0.3, -0.25) is 33.6 Å². The second kappa shape index (κ2) is 15.3. The van der Waals surface area contributed by atoms with Crippen LogP contribution in [0.1, 0.15) is 72.6 Å². The third kappa shape index (κ3) is 7.30. The van der Waals surface area contributed by atoms with E-state index in [1.807, 2.05) is 6.07 Å². The highest BCUT2D eigenvalue weighted by Crippen LogP contribution is 2.44. The molecule has 60 heavy (non-hydrogen) atoms. The molecule has 5 aromatic rings. The molecule has 0 spiro atoms. The van der Waals surface area contributed by atoms with Crippen LogP contribution in [0.5, 0.6) is 5.75 Å². The molecule has 3 aliphatic rings. The van der Waals surface area contributed by atoms with Crippen molar-refractivity contribution in [2.45, 2.75) is 57.3 Å². The van der Waals surface area contributed by atoms with Crippen LogP contribution in [-0.2, 0) is 21.4 Å². The predicted molar refractivity (Wildman–Crippen MR) is 216 cm³/mol. The average molecular weight is 830 g/mol. The number of amides is 4. The summed E-state index contributed by atoms with van der Waals surface area (Å²) in [6, 6.07) is 12.2. The van der Waals surface area contributed by atoms with Crippen LogP contribution in [0.25, 0.3) is 38.6 Å². The molecule has 3 aromatic carbocycles. The van der Waals surface area contributed by atoms with Crippen LogP contribution in [0.15, 0.2) is 59.4 Å². The number of imide groups is 1. The minimum absolute atomic E-state index is 0.0376. The highest BCUT2D eigenvalue weighted by atomic mass is 19.4. The maximum absolute atomic E-state index is 16.5. The fourth-order valence-electron chi connectivity index (χ4n) is 8.86. The van der Waals surface area contributed by atoms with Gasteiger partial charge in [-0.15, -0.1) is 13.2 Å². The number of fused-ring (bicyclic) bond motifs is 2. The number of ether oxygens (including phenoxy) is 1. The topological polar surface area (TPSA) is 142 Å². The van der Waals surface area contributed by atoms with Crippen molar-refractivity contribution in [2.75, 3.05) is 45.2 Å². The minimum atomic E-state index is -5.07. The molecule has 314 valence electrons. The van der Waals surface area contributed by atoms with Crippen molar-refractivity contribution in [1.29, 1.82) is 0 Å². The molecule has 1 atom stereocenters. The predicted octanol–water partition coefficient (Wildman–Crippen LogP) is 6.23. The van der Waals surface area contributed by atoms with Gasteiger partial charge in [-0.25, -0.2) is 9.18 Å². The average Bonchev–Trinajstić information content (AvgIpc) is 3.77. The molecule has 5 heterocycles. The van der Waals surface area contributed by atoms with Crippen LogP contribution in [-0.4, -0.2) is 94.2 Å². The van der Waals surface area contributed by atoms with Crippen LogP contribution in [0, 0.1) is 5.82 Å². The van der Waals surface area contributed by atoms with E-state index in [4.69, 9.17) is 4.74 Å². The second-order valence-corrected chi connectivity index (χ2v) is 15.8. The number of aromatic nitrogens is 3. The van der Waals surface area contributed by atoms with Gasteiger partial charge in [0.2, 0.25) is 17.7 Å². The first-order chi connectivity index (χ1) is 28.5. The summed E-state index contributed by atoms with van der Waals surface area (Å²) in [6.07, 6.45) is -1.41. The van der Waals surface area contributed by atoms with Crippen molar-refractivity contribution < 1.29 is 41.5 Å². The Morgan fingerprint density at radius 3 is 2.37 bits per heavy atom. The van der Waals surface area contributed by atoms with Crippen molar-refractivity contribution in [2.24, 2.45) is 7.05 Å². The van der Waals surface area contributed by atoms with Gasteiger partial charge in [0.05, 0.1) is 22.2 Å². The van der Waals surface area contributed by atoms with E-state index in [-0.39, 0.29) is 70.4 Å². The van der Waals surface area contributed by atoms with Crippen molar-refractivity contribution >= 4 is 56.8 Å². The lowest BCUT2D eigenvalue weighted by molar-refractivity contribution is -0.274. The molecule has 3 aliphatic heterocycles. The smallest absolute Gasteiger partial charge is 0.405 e. The third-order valence-electron chi connectivity index (χ3n) is 11.9. The number of anilines is 1. The monoisotopic (exact) mass is 829 g/mol. The molecule has 0 radical (unpaired) electrons. The van der Waals surface area contributed by atoms with Gasteiger partial charge in [0, 0.05) is 77.2 Å². The summed E-state index contributed by atoms with van der Waals surface area (Å²) in [5.74, 6) is -2.94. The van der Waals surface area contributed by atoms with E-state index in [0.29, 0.717) is 61.1 Å². The number of piperidine rings is 2. The van der Waals surface area contributed by atoms with Crippen molar-refractivity contribution in [3.8, 4) is 16.9 Å². The molecular weight excluding hydrogens is 787 g/mol. The van der Waals surface area contributed by atoms with E-state index in [1.165, 1.54) is 59.3 Å². The Bertz CT molecular complexity index is 2690. The number of alkyl halides is 3. The highest BCUT2D eigenvalue weighted by Gasteiger charge is 2.35. The number of H-pyrrole nitrogens is 1. The molecule has 2 N–H and O–H groups in total. The number of hydrogen-bond donors (Lipinski definition) is 2. The zero-order valence-corrected chi connectivity index (χ0v) is 33.4. The summed E-state index contributed by atoms with van der Waals surface area (Å²) >= 11 is 0. The number of halogens is 4. The summed E-state index contributed by atoms with van der Waals surface area (Å²) < 4.78 is 66.7. The molecule has 0 aliphatic carbocycles. The summed E-state index contributed by atoms with van der Waals surface area (Å²) in [7, 11) is 4.69.